The Hall–Kier alpha value is -2.33. The number of hydrogen-bond acceptors (Lipinski definition) is 3. The van der Waals surface area contributed by atoms with Gasteiger partial charge in [0.2, 0.25) is 0 Å². The van der Waals surface area contributed by atoms with Crippen molar-refractivity contribution in [2.45, 2.75) is 26.4 Å². The molecule has 2 aromatic rings. The van der Waals surface area contributed by atoms with Crippen molar-refractivity contribution < 1.29 is 5.21 Å². The molecule has 0 bridgehead atoms. The third-order valence-corrected chi connectivity index (χ3v) is 3.65. The molecule has 0 amide bonds. The van der Waals surface area contributed by atoms with Crippen LogP contribution >= 0.6 is 0 Å². The van der Waals surface area contributed by atoms with Crippen LogP contribution in [0.4, 0.5) is 0 Å². The van der Waals surface area contributed by atoms with Crippen LogP contribution in [-0.4, -0.2) is 11.0 Å². The Labute approximate surface area is 125 Å². The molecule has 2 aromatic carbocycles. The van der Waals surface area contributed by atoms with Crippen LogP contribution in [0, 0.1) is 6.92 Å². The minimum Gasteiger partial charge on any atom is -0.409 e. The summed E-state index contributed by atoms with van der Waals surface area (Å²) in [6.45, 7) is 4.90. The molecular formula is C17H21N3O. The van der Waals surface area contributed by atoms with Gasteiger partial charge in [0.1, 0.15) is 0 Å². The summed E-state index contributed by atoms with van der Waals surface area (Å²) in [5.41, 5.74) is 10.0. The molecule has 0 aliphatic carbocycles. The van der Waals surface area contributed by atoms with Crippen molar-refractivity contribution >= 4 is 5.84 Å². The highest BCUT2D eigenvalue weighted by Crippen LogP contribution is 2.18. The topological polar surface area (TPSA) is 70.6 Å². The average Bonchev–Trinajstić information content (AvgIpc) is 2.52. The molecule has 4 heteroatoms. The Morgan fingerprint density at radius 3 is 2.57 bits per heavy atom. The summed E-state index contributed by atoms with van der Waals surface area (Å²) in [5, 5.41) is 15.4. The van der Waals surface area contributed by atoms with Crippen molar-refractivity contribution in [1.82, 2.24) is 5.32 Å². The zero-order valence-corrected chi connectivity index (χ0v) is 12.4. The lowest BCUT2D eigenvalue weighted by atomic mass is 10.0. The molecule has 1 atom stereocenters. The summed E-state index contributed by atoms with van der Waals surface area (Å²) in [7, 11) is 0. The summed E-state index contributed by atoms with van der Waals surface area (Å²) in [5.74, 6) is 0.135. The van der Waals surface area contributed by atoms with Gasteiger partial charge in [0.25, 0.3) is 0 Å². The number of aryl methyl sites for hydroxylation is 1. The quantitative estimate of drug-likeness (QED) is 0.342. The highest BCUT2D eigenvalue weighted by Gasteiger charge is 2.10. The van der Waals surface area contributed by atoms with Crippen LogP contribution in [0.2, 0.25) is 0 Å². The SMILES string of the molecule is Cc1ccccc1C(C)NCc1ccccc1C(N)=NO. The number of rotatable bonds is 5. The summed E-state index contributed by atoms with van der Waals surface area (Å²) < 4.78 is 0. The maximum absolute atomic E-state index is 8.85. The average molecular weight is 283 g/mol. The predicted molar refractivity (Wildman–Crippen MR) is 85.4 cm³/mol. The van der Waals surface area contributed by atoms with E-state index in [4.69, 9.17) is 10.9 Å². The zero-order valence-electron chi connectivity index (χ0n) is 12.4. The van der Waals surface area contributed by atoms with Crippen LogP contribution in [0.5, 0.6) is 0 Å². The standard InChI is InChI=1S/C17H21N3O/c1-12-7-3-5-9-15(12)13(2)19-11-14-8-4-6-10-16(14)17(18)20-21/h3-10,13,19,21H,11H2,1-2H3,(H2,18,20). The predicted octanol–water partition coefficient (Wildman–Crippen LogP) is 2.94. The van der Waals surface area contributed by atoms with Crippen molar-refractivity contribution in [3.8, 4) is 0 Å². The van der Waals surface area contributed by atoms with Crippen LogP contribution in [0.3, 0.4) is 0 Å². The van der Waals surface area contributed by atoms with Crippen molar-refractivity contribution in [3.05, 3.63) is 70.8 Å². The van der Waals surface area contributed by atoms with Crippen LogP contribution in [-0.2, 0) is 6.54 Å². The van der Waals surface area contributed by atoms with Gasteiger partial charge in [-0.05, 0) is 30.5 Å². The first-order valence-electron chi connectivity index (χ1n) is 6.98. The van der Waals surface area contributed by atoms with Gasteiger partial charge >= 0.3 is 0 Å². The number of nitrogens with one attached hydrogen (secondary N) is 1. The van der Waals surface area contributed by atoms with Gasteiger partial charge in [-0.25, -0.2) is 0 Å². The van der Waals surface area contributed by atoms with Gasteiger partial charge in [-0.3, -0.25) is 0 Å². The normalized spacial score (nSPS) is 13.1. The van der Waals surface area contributed by atoms with E-state index in [0.29, 0.717) is 6.54 Å². The Bertz CT molecular complexity index is 637. The summed E-state index contributed by atoms with van der Waals surface area (Å²) >= 11 is 0. The molecule has 4 N–H and O–H groups in total. The molecule has 0 saturated heterocycles. The van der Waals surface area contributed by atoms with Crippen LogP contribution in [0.25, 0.3) is 0 Å². The Morgan fingerprint density at radius 2 is 1.86 bits per heavy atom. The maximum atomic E-state index is 8.85. The second-order valence-corrected chi connectivity index (χ2v) is 5.10. The van der Waals surface area contributed by atoms with E-state index < -0.39 is 0 Å². The first kappa shape index (κ1) is 15.1. The Kier molecular flexibility index (Phi) is 4.95. The molecule has 0 aliphatic rings. The van der Waals surface area contributed by atoms with E-state index >= 15 is 0 Å². The first-order valence-corrected chi connectivity index (χ1v) is 6.98. The van der Waals surface area contributed by atoms with Crippen LogP contribution < -0.4 is 11.1 Å². The molecule has 4 nitrogen and oxygen atoms in total. The van der Waals surface area contributed by atoms with Crippen molar-refractivity contribution in [2.24, 2.45) is 10.9 Å². The van der Waals surface area contributed by atoms with Crippen molar-refractivity contribution in [3.63, 3.8) is 0 Å². The van der Waals surface area contributed by atoms with E-state index in [-0.39, 0.29) is 11.9 Å². The minimum atomic E-state index is 0.135. The molecule has 21 heavy (non-hydrogen) atoms. The fraction of sp³-hybridized carbons (Fsp3) is 0.235. The molecule has 0 saturated carbocycles. The lowest BCUT2D eigenvalue weighted by molar-refractivity contribution is 0.318. The van der Waals surface area contributed by atoms with Crippen molar-refractivity contribution in [2.75, 3.05) is 0 Å². The first-order chi connectivity index (χ1) is 10.1. The summed E-state index contributed by atoms with van der Waals surface area (Å²) in [6, 6.07) is 16.2. The maximum Gasteiger partial charge on any atom is 0.170 e. The van der Waals surface area contributed by atoms with E-state index in [1.165, 1.54) is 11.1 Å². The highest BCUT2D eigenvalue weighted by atomic mass is 16.4. The zero-order chi connectivity index (χ0) is 15.2. The molecule has 2 rings (SSSR count). The van der Waals surface area contributed by atoms with Gasteiger partial charge < -0.3 is 16.3 Å². The van der Waals surface area contributed by atoms with Gasteiger partial charge in [-0.15, -0.1) is 0 Å². The van der Waals surface area contributed by atoms with Gasteiger partial charge in [0.15, 0.2) is 5.84 Å². The van der Waals surface area contributed by atoms with Gasteiger partial charge in [0.05, 0.1) is 0 Å². The lowest BCUT2D eigenvalue weighted by Gasteiger charge is -2.17. The Morgan fingerprint density at radius 1 is 1.19 bits per heavy atom. The minimum absolute atomic E-state index is 0.135. The molecule has 110 valence electrons. The van der Waals surface area contributed by atoms with E-state index in [2.05, 4.69) is 36.5 Å². The molecule has 0 aliphatic heterocycles. The monoisotopic (exact) mass is 283 g/mol. The molecule has 0 fully saturated rings. The molecule has 1 unspecified atom stereocenters. The summed E-state index contributed by atoms with van der Waals surface area (Å²) in [4.78, 5) is 0. The van der Waals surface area contributed by atoms with Gasteiger partial charge in [0, 0.05) is 18.2 Å². The van der Waals surface area contributed by atoms with Crippen molar-refractivity contribution in [1.29, 1.82) is 0 Å². The van der Waals surface area contributed by atoms with Gasteiger partial charge in [-0.1, -0.05) is 53.7 Å². The second kappa shape index (κ2) is 6.90. The van der Waals surface area contributed by atoms with E-state index in [1.807, 2.05) is 36.4 Å². The van der Waals surface area contributed by atoms with E-state index in [9.17, 15) is 0 Å². The molecule has 0 spiro atoms. The number of oxime groups is 1. The number of nitrogens with zero attached hydrogens (tertiary/aromatic N) is 1. The molecule has 0 heterocycles. The number of amidine groups is 1. The number of hydrogen-bond donors (Lipinski definition) is 3. The number of nitrogens with two attached hydrogens (primary N) is 1. The number of benzene rings is 2. The third kappa shape index (κ3) is 3.61. The third-order valence-electron chi connectivity index (χ3n) is 3.65. The second-order valence-electron chi connectivity index (χ2n) is 5.10. The fourth-order valence-electron chi connectivity index (χ4n) is 2.42. The fourth-order valence-corrected chi connectivity index (χ4v) is 2.42. The largest absolute Gasteiger partial charge is 0.409 e. The lowest BCUT2D eigenvalue weighted by Crippen LogP contribution is -2.22. The van der Waals surface area contributed by atoms with Crippen LogP contribution in [0.15, 0.2) is 53.7 Å². The molecule has 0 aromatic heterocycles. The highest BCUT2D eigenvalue weighted by molar-refractivity contribution is 5.98. The molecular weight excluding hydrogens is 262 g/mol. The molecule has 0 radical (unpaired) electrons. The van der Waals surface area contributed by atoms with E-state index in [0.717, 1.165) is 11.1 Å². The van der Waals surface area contributed by atoms with Crippen LogP contribution in [0.1, 0.15) is 35.2 Å². The summed E-state index contributed by atoms with van der Waals surface area (Å²) in [6.07, 6.45) is 0. The smallest absolute Gasteiger partial charge is 0.170 e. The Balaban J connectivity index is 2.12. The van der Waals surface area contributed by atoms with Gasteiger partial charge in [-0.2, -0.15) is 0 Å². The van der Waals surface area contributed by atoms with E-state index in [1.54, 1.807) is 0 Å².